The van der Waals surface area contributed by atoms with Crippen LogP contribution in [0.15, 0.2) is 39.8 Å². The third kappa shape index (κ3) is 5.82. The molecule has 0 saturated carbocycles. The summed E-state index contributed by atoms with van der Waals surface area (Å²) in [5.74, 6) is 1.90. The highest BCUT2D eigenvalue weighted by atomic mass is 16.5. The fourth-order valence-corrected chi connectivity index (χ4v) is 3.36. The maximum atomic E-state index is 12.7. The Hall–Kier alpha value is -2.83. The number of amides is 1. The second kappa shape index (κ2) is 10.1. The van der Waals surface area contributed by atoms with Gasteiger partial charge in [0.25, 0.3) is 5.91 Å². The fourth-order valence-electron chi connectivity index (χ4n) is 3.36. The van der Waals surface area contributed by atoms with Gasteiger partial charge in [-0.05, 0) is 42.9 Å². The van der Waals surface area contributed by atoms with Crippen molar-refractivity contribution >= 4 is 11.9 Å². The number of hydrogen-bond acceptors (Lipinski definition) is 4. The molecular formula is C22H31N5O2. The van der Waals surface area contributed by atoms with Crippen LogP contribution in [0.5, 0.6) is 0 Å². The first kappa shape index (κ1) is 20.9. The van der Waals surface area contributed by atoms with Gasteiger partial charge in [-0.1, -0.05) is 31.1 Å². The quantitative estimate of drug-likeness (QED) is 0.577. The Morgan fingerprint density at radius 3 is 2.62 bits per heavy atom. The molecule has 1 aromatic heterocycles. The molecule has 0 atom stereocenters. The first-order chi connectivity index (χ1) is 14.1. The number of likely N-dealkylation sites (tertiary alicyclic amines) is 1. The normalized spacial score (nSPS) is 14.9. The summed E-state index contributed by atoms with van der Waals surface area (Å²) in [6, 6.07) is 9.76. The zero-order chi connectivity index (χ0) is 20.6. The Kier molecular flexibility index (Phi) is 7.27. The zero-order valence-corrected chi connectivity index (χ0v) is 17.6. The molecule has 0 unspecified atom stereocenters. The van der Waals surface area contributed by atoms with Crippen LogP contribution in [0.2, 0.25) is 0 Å². The van der Waals surface area contributed by atoms with Gasteiger partial charge in [0.15, 0.2) is 11.7 Å². The van der Waals surface area contributed by atoms with Gasteiger partial charge in [-0.25, -0.2) is 0 Å². The fraction of sp³-hybridized carbons (Fsp3) is 0.500. The van der Waals surface area contributed by atoms with Crippen molar-refractivity contribution in [3.63, 3.8) is 0 Å². The van der Waals surface area contributed by atoms with Crippen molar-refractivity contribution in [2.24, 2.45) is 4.99 Å². The average molecular weight is 398 g/mol. The molecular weight excluding hydrogens is 366 g/mol. The molecule has 29 heavy (non-hydrogen) atoms. The number of hydrogen-bond donors (Lipinski definition) is 2. The van der Waals surface area contributed by atoms with Crippen LogP contribution in [-0.2, 0) is 13.1 Å². The Labute approximate surface area is 172 Å². The van der Waals surface area contributed by atoms with E-state index in [9.17, 15) is 4.79 Å². The first-order valence-electron chi connectivity index (χ1n) is 10.3. The summed E-state index contributed by atoms with van der Waals surface area (Å²) >= 11 is 0. The van der Waals surface area contributed by atoms with E-state index in [2.05, 4.69) is 34.6 Å². The van der Waals surface area contributed by atoms with Gasteiger partial charge in [0.2, 0.25) is 0 Å². The van der Waals surface area contributed by atoms with Crippen molar-refractivity contribution < 1.29 is 9.32 Å². The predicted octanol–water partition coefficient (Wildman–Crippen LogP) is 3.29. The summed E-state index contributed by atoms with van der Waals surface area (Å²) in [6.07, 6.45) is 3.41. The molecule has 1 aromatic carbocycles. The summed E-state index contributed by atoms with van der Waals surface area (Å²) < 4.78 is 5.35. The maximum absolute atomic E-state index is 12.7. The van der Waals surface area contributed by atoms with Gasteiger partial charge in [-0.15, -0.1) is 0 Å². The number of benzene rings is 1. The molecule has 0 bridgehead atoms. The number of aromatic nitrogens is 1. The monoisotopic (exact) mass is 397 g/mol. The van der Waals surface area contributed by atoms with Gasteiger partial charge in [0, 0.05) is 38.3 Å². The number of aliphatic imine (C=N–C) groups is 1. The topological polar surface area (TPSA) is 82.8 Å². The molecule has 2 aromatic rings. The summed E-state index contributed by atoms with van der Waals surface area (Å²) in [7, 11) is 1.73. The lowest BCUT2D eigenvalue weighted by Gasteiger charge is -2.26. The number of rotatable bonds is 6. The molecule has 1 saturated heterocycles. The van der Waals surface area contributed by atoms with Gasteiger partial charge in [-0.3, -0.25) is 9.79 Å². The van der Waals surface area contributed by atoms with E-state index in [-0.39, 0.29) is 5.91 Å². The number of guanidine groups is 1. The van der Waals surface area contributed by atoms with Crippen LogP contribution in [0.1, 0.15) is 66.4 Å². The van der Waals surface area contributed by atoms with Crippen molar-refractivity contribution in [1.29, 1.82) is 0 Å². The lowest BCUT2D eigenvalue weighted by atomic mass is 10.1. The minimum absolute atomic E-state index is 0.125. The van der Waals surface area contributed by atoms with Crippen LogP contribution >= 0.6 is 0 Å². The molecule has 0 spiro atoms. The van der Waals surface area contributed by atoms with Crippen molar-refractivity contribution in [1.82, 2.24) is 20.7 Å². The van der Waals surface area contributed by atoms with Gasteiger partial charge in [0.05, 0.1) is 12.2 Å². The number of nitrogens with one attached hydrogen (secondary N) is 2. The maximum Gasteiger partial charge on any atom is 0.253 e. The molecule has 7 nitrogen and oxygen atoms in total. The molecule has 156 valence electrons. The summed E-state index contributed by atoms with van der Waals surface area (Å²) in [4.78, 5) is 18.9. The van der Waals surface area contributed by atoms with Crippen LogP contribution in [0.3, 0.4) is 0 Å². The van der Waals surface area contributed by atoms with Crippen molar-refractivity contribution in [2.75, 3.05) is 20.1 Å². The Morgan fingerprint density at radius 2 is 1.93 bits per heavy atom. The van der Waals surface area contributed by atoms with Crippen LogP contribution in [0, 0.1) is 0 Å². The molecule has 2 heterocycles. The molecule has 1 aliphatic rings. The lowest BCUT2D eigenvalue weighted by Crippen LogP contribution is -2.36. The predicted molar refractivity (Wildman–Crippen MR) is 114 cm³/mol. The third-order valence-corrected chi connectivity index (χ3v) is 5.10. The molecule has 1 fully saturated rings. The minimum Gasteiger partial charge on any atom is -0.359 e. The lowest BCUT2D eigenvalue weighted by molar-refractivity contribution is 0.0724. The molecule has 3 rings (SSSR count). The van der Waals surface area contributed by atoms with Crippen LogP contribution in [-0.4, -0.2) is 42.1 Å². The second-order valence-corrected chi connectivity index (χ2v) is 7.71. The van der Waals surface area contributed by atoms with Crippen molar-refractivity contribution in [3.05, 3.63) is 52.9 Å². The van der Waals surface area contributed by atoms with E-state index in [1.54, 1.807) is 7.05 Å². The largest absolute Gasteiger partial charge is 0.359 e. The summed E-state index contributed by atoms with van der Waals surface area (Å²) in [5, 5.41) is 10.6. The van der Waals surface area contributed by atoms with Crippen LogP contribution in [0.4, 0.5) is 0 Å². The van der Waals surface area contributed by atoms with E-state index >= 15 is 0 Å². The number of carbonyl (C=O) groups excluding carboxylic acids is 1. The van der Waals surface area contributed by atoms with E-state index in [0.717, 1.165) is 48.5 Å². The van der Waals surface area contributed by atoms with Crippen LogP contribution < -0.4 is 10.6 Å². The SMILES string of the molecule is CN=C(NCc1cccc(C(=O)N2CCCCC2)c1)NCc1cc(C(C)C)no1. The summed E-state index contributed by atoms with van der Waals surface area (Å²) in [6.45, 7) is 6.97. The van der Waals surface area contributed by atoms with E-state index in [1.807, 2.05) is 35.2 Å². The number of piperidine rings is 1. The Bertz CT molecular complexity index is 837. The van der Waals surface area contributed by atoms with E-state index < -0.39 is 0 Å². The van der Waals surface area contributed by atoms with Crippen molar-refractivity contribution in [3.8, 4) is 0 Å². The highest BCUT2D eigenvalue weighted by Gasteiger charge is 2.18. The molecule has 7 heteroatoms. The first-order valence-corrected chi connectivity index (χ1v) is 10.3. The standard InChI is InChI=1S/C22H31N5O2/c1-16(2)20-13-19(29-26-20)15-25-22(23-3)24-14-17-8-7-9-18(12-17)21(28)27-10-5-4-6-11-27/h7-9,12-13,16H,4-6,10-11,14-15H2,1-3H3,(H2,23,24,25). The minimum atomic E-state index is 0.125. The van der Waals surface area contributed by atoms with E-state index in [4.69, 9.17) is 4.52 Å². The molecule has 0 radical (unpaired) electrons. The highest BCUT2D eigenvalue weighted by molar-refractivity contribution is 5.94. The van der Waals surface area contributed by atoms with Gasteiger partial charge < -0.3 is 20.1 Å². The molecule has 0 aliphatic carbocycles. The van der Waals surface area contributed by atoms with Crippen LogP contribution in [0.25, 0.3) is 0 Å². The number of carbonyl (C=O) groups is 1. The van der Waals surface area contributed by atoms with Crippen molar-refractivity contribution in [2.45, 2.75) is 52.1 Å². The molecule has 1 aliphatic heterocycles. The Morgan fingerprint density at radius 1 is 1.17 bits per heavy atom. The van der Waals surface area contributed by atoms with E-state index in [0.29, 0.717) is 25.0 Å². The molecule has 2 N–H and O–H groups in total. The number of nitrogens with zero attached hydrogens (tertiary/aromatic N) is 3. The zero-order valence-electron chi connectivity index (χ0n) is 17.6. The highest BCUT2D eigenvalue weighted by Crippen LogP contribution is 2.15. The molecule has 1 amide bonds. The van der Waals surface area contributed by atoms with Gasteiger partial charge >= 0.3 is 0 Å². The van der Waals surface area contributed by atoms with E-state index in [1.165, 1.54) is 6.42 Å². The summed E-state index contributed by atoms with van der Waals surface area (Å²) in [5.41, 5.74) is 2.73. The average Bonchev–Trinajstić information content (AvgIpc) is 3.24. The smallest absolute Gasteiger partial charge is 0.253 e. The second-order valence-electron chi connectivity index (χ2n) is 7.71. The van der Waals surface area contributed by atoms with Gasteiger partial charge in [-0.2, -0.15) is 0 Å². The Balaban J connectivity index is 1.53. The third-order valence-electron chi connectivity index (χ3n) is 5.10. The van der Waals surface area contributed by atoms with Gasteiger partial charge in [0.1, 0.15) is 0 Å².